The van der Waals surface area contributed by atoms with Gasteiger partial charge in [-0.3, -0.25) is 14.6 Å². The van der Waals surface area contributed by atoms with Crippen LogP contribution in [0.3, 0.4) is 0 Å². The van der Waals surface area contributed by atoms with Gasteiger partial charge in [-0.2, -0.15) is 0 Å². The number of carbonyl (C=O) groups excluding carboxylic acids is 1. The predicted molar refractivity (Wildman–Crippen MR) is 93.5 cm³/mol. The summed E-state index contributed by atoms with van der Waals surface area (Å²) in [4.78, 5) is 48.9. The molecule has 2 aromatic heterocycles. The van der Waals surface area contributed by atoms with Crippen molar-refractivity contribution in [3.63, 3.8) is 0 Å². The Hall–Kier alpha value is -3.03. The maximum atomic E-state index is 12.7. The third-order valence-electron chi connectivity index (χ3n) is 4.49. The molecule has 0 radical (unpaired) electrons. The summed E-state index contributed by atoms with van der Waals surface area (Å²) in [5.74, 6) is -1.04. The smallest absolute Gasteiger partial charge is 0.326 e. The van der Waals surface area contributed by atoms with Gasteiger partial charge in [0.05, 0.1) is 6.42 Å². The molecular formula is C18H20N4O4. The second-order valence-electron chi connectivity index (χ2n) is 6.44. The highest BCUT2D eigenvalue weighted by Crippen LogP contribution is 2.29. The van der Waals surface area contributed by atoms with E-state index in [9.17, 15) is 19.5 Å². The fraction of sp³-hybridized carbons (Fsp3) is 0.389. The average molecular weight is 356 g/mol. The molecule has 0 saturated heterocycles. The molecule has 0 bridgehead atoms. The van der Waals surface area contributed by atoms with Gasteiger partial charge >= 0.3 is 5.97 Å². The first-order chi connectivity index (χ1) is 12.4. The van der Waals surface area contributed by atoms with Gasteiger partial charge in [-0.25, -0.2) is 9.78 Å². The first kappa shape index (κ1) is 17.8. The Morgan fingerprint density at radius 1 is 1.42 bits per heavy atom. The zero-order chi connectivity index (χ0) is 18.8. The second-order valence-corrected chi connectivity index (χ2v) is 6.44. The number of hydrogen-bond acceptors (Lipinski definition) is 5. The van der Waals surface area contributed by atoms with Crippen molar-refractivity contribution >= 4 is 11.9 Å². The highest BCUT2D eigenvalue weighted by Gasteiger charge is 2.38. The summed E-state index contributed by atoms with van der Waals surface area (Å²) >= 11 is 0. The second kappa shape index (κ2) is 7.07. The van der Waals surface area contributed by atoms with Crippen LogP contribution in [0.5, 0.6) is 0 Å². The summed E-state index contributed by atoms with van der Waals surface area (Å²) in [5, 5.41) is 9.24. The van der Waals surface area contributed by atoms with Crippen molar-refractivity contribution in [1.82, 2.24) is 19.9 Å². The van der Waals surface area contributed by atoms with Crippen LogP contribution < -0.4 is 5.56 Å². The largest absolute Gasteiger partial charge is 0.480 e. The first-order valence-electron chi connectivity index (χ1n) is 8.42. The van der Waals surface area contributed by atoms with Crippen LogP contribution in [0.1, 0.15) is 31.0 Å². The molecule has 1 aliphatic rings. The molecule has 1 aliphatic carbocycles. The lowest BCUT2D eigenvalue weighted by molar-refractivity contribution is -0.149. The molecule has 3 rings (SSSR count). The van der Waals surface area contributed by atoms with Gasteiger partial charge in [0.1, 0.15) is 11.9 Å². The minimum absolute atomic E-state index is 0.0596. The third kappa shape index (κ3) is 3.63. The predicted octanol–water partition coefficient (Wildman–Crippen LogP) is 1.15. The Kier molecular flexibility index (Phi) is 4.83. The summed E-state index contributed by atoms with van der Waals surface area (Å²) < 4.78 is 0. The number of aromatic amines is 1. The van der Waals surface area contributed by atoms with Crippen LogP contribution >= 0.6 is 0 Å². The lowest BCUT2D eigenvalue weighted by Gasteiger charge is -2.26. The van der Waals surface area contributed by atoms with Crippen LogP contribution in [0.25, 0.3) is 11.4 Å². The zero-order valence-electron chi connectivity index (χ0n) is 14.6. The van der Waals surface area contributed by atoms with Crippen LogP contribution in [-0.2, 0) is 16.0 Å². The van der Waals surface area contributed by atoms with Crippen molar-refractivity contribution in [3.8, 4) is 11.4 Å². The molecule has 2 aromatic rings. The fourth-order valence-corrected chi connectivity index (χ4v) is 2.91. The normalized spacial score (nSPS) is 14.7. The van der Waals surface area contributed by atoms with Gasteiger partial charge in [0, 0.05) is 35.3 Å². The third-order valence-corrected chi connectivity index (χ3v) is 4.49. The Bertz CT molecular complexity index is 890. The van der Waals surface area contributed by atoms with E-state index in [2.05, 4.69) is 15.0 Å². The molecule has 26 heavy (non-hydrogen) atoms. The molecular weight excluding hydrogens is 336 g/mol. The van der Waals surface area contributed by atoms with Gasteiger partial charge in [0.25, 0.3) is 5.56 Å². The van der Waals surface area contributed by atoms with Crippen molar-refractivity contribution < 1.29 is 14.7 Å². The van der Waals surface area contributed by atoms with E-state index in [0.717, 1.165) is 12.8 Å². The van der Waals surface area contributed by atoms with Crippen LogP contribution in [0.4, 0.5) is 0 Å². The molecule has 2 N–H and O–H groups in total. The number of nitrogens with zero attached hydrogens (tertiary/aromatic N) is 3. The van der Waals surface area contributed by atoms with Crippen molar-refractivity contribution in [2.24, 2.45) is 0 Å². The van der Waals surface area contributed by atoms with Crippen LogP contribution in [-0.4, -0.2) is 48.9 Å². The van der Waals surface area contributed by atoms with E-state index in [-0.39, 0.29) is 23.9 Å². The molecule has 0 spiro atoms. The molecule has 8 heteroatoms. The van der Waals surface area contributed by atoms with E-state index in [1.807, 2.05) is 0 Å². The van der Waals surface area contributed by atoms with E-state index in [0.29, 0.717) is 17.1 Å². The number of H-pyrrole nitrogens is 1. The Balaban J connectivity index is 1.87. The maximum Gasteiger partial charge on any atom is 0.326 e. The van der Waals surface area contributed by atoms with Crippen LogP contribution in [0.15, 0.2) is 29.3 Å². The van der Waals surface area contributed by atoms with E-state index in [1.165, 1.54) is 11.8 Å². The van der Waals surface area contributed by atoms with Gasteiger partial charge in [0.15, 0.2) is 0 Å². The van der Waals surface area contributed by atoms with Gasteiger partial charge in [-0.15, -0.1) is 0 Å². The number of carboxylic acid groups (broad SMARTS) is 1. The van der Waals surface area contributed by atoms with Gasteiger partial charge in [-0.05, 0) is 38.8 Å². The summed E-state index contributed by atoms with van der Waals surface area (Å²) in [5.41, 5.74) is 0.971. The Labute approximate surface area is 149 Å². The summed E-state index contributed by atoms with van der Waals surface area (Å²) in [6, 6.07) is 2.54. The number of aliphatic carboxylic acids is 1. The number of amides is 1. The zero-order valence-corrected chi connectivity index (χ0v) is 14.6. The molecule has 0 aromatic carbocycles. The topological polar surface area (TPSA) is 116 Å². The van der Waals surface area contributed by atoms with Crippen molar-refractivity contribution in [3.05, 3.63) is 46.1 Å². The highest BCUT2D eigenvalue weighted by atomic mass is 16.4. The van der Waals surface area contributed by atoms with E-state index < -0.39 is 17.6 Å². The van der Waals surface area contributed by atoms with Crippen LogP contribution in [0, 0.1) is 6.92 Å². The quantitative estimate of drug-likeness (QED) is 0.802. The lowest BCUT2D eigenvalue weighted by atomic mass is 10.1. The van der Waals surface area contributed by atoms with E-state index >= 15 is 0 Å². The Morgan fingerprint density at radius 2 is 2.15 bits per heavy atom. The summed E-state index contributed by atoms with van der Waals surface area (Å²) in [6.07, 6.45) is 4.62. The molecule has 0 aliphatic heterocycles. The van der Waals surface area contributed by atoms with E-state index in [4.69, 9.17) is 0 Å². The summed E-state index contributed by atoms with van der Waals surface area (Å²) in [6.45, 7) is 3.15. The molecule has 2 heterocycles. The van der Waals surface area contributed by atoms with Crippen molar-refractivity contribution in [2.75, 3.05) is 0 Å². The first-order valence-corrected chi connectivity index (χ1v) is 8.42. The number of aryl methyl sites for hydroxylation is 1. The maximum absolute atomic E-state index is 12.7. The number of carbonyl (C=O) groups is 2. The van der Waals surface area contributed by atoms with Gasteiger partial charge in [-0.1, -0.05) is 0 Å². The highest BCUT2D eigenvalue weighted by molar-refractivity contribution is 5.85. The standard InChI is InChI=1S/C18H20N4O4/c1-10-14(8-15(23)22(13-5-6-13)11(2)18(25)26)17(24)21-16(20-10)12-4-3-7-19-9-12/h3-4,7,9,11,13H,5-6,8H2,1-2H3,(H,25,26)(H,20,21,24). The minimum atomic E-state index is -1.05. The van der Waals surface area contributed by atoms with Crippen LogP contribution in [0.2, 0.25) is 0 Å². The minimum Gasteiger partial charge on any atom is -0.480 e. The average Bonchev–Trinajstić information content (AvgIpc) is 3.43. The van der Waals surface area contributed by atoms with E-state index in [1.54, 1.807) is 31.5 Å². The summed E-state index contributed by atoms with van der Waals surface area (Å²) in [7, 11) is 0. The van der Waals surface area contributed by atoms with Crippen molar-refractivity contribution in [2.45, 2.75) is 45.2 Å². The number of rotatable bonds is 6. The number of hydrogen-bond donors (Lipinski definition) is 2. The lowest BCUT2D eigenvalue weighted by Crippen LogP contribution is -2.46. The molecule has 8 nitrogen and oxygen atoms in total. The number of aromatic nitrogens is 3. The molecule has 1 fully saturated rings. The number of carboxylic acids is 1. The number of pyridine rings is 1. The van der Waals surface area contributed by atoms with Gasteiger partial charge < -0.3 is 15.0 Å². The Morgan fingerprint density at radius 3 is 2.69 bits per heavy atom. The number of nitrogens with one attached hydrogen (secondary N) is 1. The molecule has 1 amide bonds. The van der Waals surface area contributed by atoms with Gasteiger partial charge in [0.2, 0.25) is 5.91 Å². The molecule has 1 saturated carbocycles. The fourth-order valence-electron chi connectivity index (χ4n) is 2.91. The molecule has 136 valence electrons. The van der Waals surface area contributed by atoms with Crippen molar-refractivity contribution in [1.29, 1.82) is 0 Å². The molecule has 1 atom stereocenters. The monoisotopic (exact) mass is 356 g/mol. The molecule has 1 unspecified atom stereocenters. The SMILES string of the molecule is Cc1nc(-c2cccnc2)[nH]c(=O)c1CC(=O)N(C1CC1)C(C)C(=O)O.